The number of aromatic nitrogens is 1. The van der Waals surface area contributed by atoms with E-state index < -0.39 is 0 Å². The number of benzene rings is 1. The normalized spacial score (nSPS) is 15.3. The monoisotopic (exact) mass is 290 g/mol. The Bertz CT molecular complexity index is 707. The van der Waals surface area contributed by atoms with E-state index in [0.717, 1.165) is 10.6 Å². The van der Waals surface area contributed by atoms with Crippen molar-refractivity contribution in [2.24, 2.45) is 5.84 Å². The Morgan fingerprint density at radius 2 is 2.05 bits per heavy atom. The molecule has 2 heterocycles. The molecule has 0 saturated carbocycles. The minimum atomic E-state index is -0.305. The first-order chi connectivity index (χ1) is 9.56. The van der Waals surface area contributed by atoms with Crippen LogP contribution in [-0.4, -0.2) is 27.5 Å². The van der Waals surface area contributed by atoms with E-state index >= 15 is 0 Å². The van der Waals surface area contributed by atoms with Crippen LogP contribution in [-0.2, 0) is 0 Å². The van der Waals surface area contributed by atoms with Crippen molar-refractivity contribution in [1.82, 2.24) is 9.99 Å². The molecular formula is C13H11FN4OS. The van der Waals surface area contributed by atoms with Crippen molar-refractivity contribution in [1.29, 1.82) is 5.41 Å². The van der Waals surface area contributed by atoms with Gasteiger partial charge in [-0.05, 0) is 24.3 Å². The van der Waals surface area contributed by atoms with E-state index in [0.29, 0.717) is 16.3 Å². The van der Waals surface area contributed by atoms with Crippen LogP contribution >= 0.6 is 11.3 Å². The highest BCUT2D eigenvalue weighted by Crippen LogP contribution is 2.31. The molecule has 0 saturated heterocycles. The molecule has 1 aliphatic rings. The van der Waals surface area contributed by atoms with Gasteiger partial charge in [-0.1, -0.05) is 0 Å². The van der Waals surface area contributed by atoms with Crippen LogP contribution in [0.2, 0.25) is 0 Å². The fourth-order valence-corrected chi connectivity index (χ4v) is 2.86. The zero-order valence-corrected chi connectivity index (χ0v) is 11.1. The number of amidine groups is 1. The van der Waals surface area contributed by atoms with Crippen LogP contribution in [0.1, 0.15) is 5.01 Å². The Kier molecular flexibility index (Phi) is 3.00. The summed E-state index contributed by atoms with van der Waals surface area (Å²) in [4.78, 5) is 4.38. The summed E-state index contributed by atoms with van der Waals surface area (Å²) < 4.78 is 12.9. The molecule has 0 aliphatic carbocycles. The molecule has 20 heavy (non-hydrogen) atoms. The van der Waals surface area contributed by atoms with E-state index in [2.05, 4.69) is 4.98 Å². The second kappa shape index (κ2) is 4.69. The Balaban J connectivity index is 1.97. The lowest BCUT2D eigenvalue weighted by Gasteiger charge is -2.08. The molecule has 0 bridgehead atoms. The van der Waals surface area contributed by atoms with Gasteiger partial charge in [0.05, 0.1) is 17.8 Å². The van der Waals surface area contributed by atoms with Gasteiger partial charge < -0.3 is 5.11 Å². The topological polar surface area (TPSA) is 86.2 Å². The number of aliphatic hydroxyl groups excluding tert-OH is 1. The summed E-state index contributed by atoms with van der Waals surface area (Å²) in [5.41, 5.74) is 1.81. The maximum absolute atomic E-state index is 12.9. The first-order valence-electron chi connectivity index (χ1n) is 5.81. The number of aliphatic hydroxyl groups is 1. The van der Waals surface area contributed by atoms with Crippen LogP contribution < -0.4 is 5.84 Å². The van der Waals surface area contributed by atoms with E-state index in [4.69, 9.17) is 11.3 Å². The summed E-state index contributed by atoms with van der Waals surface area (Å²) in [5.74, 6) is 5.35. The highest BCUT2D eigenvalue weighted by molar-refractivity contribution is 7.11. The van der Waals surface area contributed by atoms with Gasteiger partial charge in [-0.15, -0.1) is 11.3 Å². The maximum atomic E-state index is 12.9. The average Bonchev–Trinajstić information content (AvgIpc) is 2.97. The molecule has 0 unspecified atom stereocenters. The molecule has 4 N–H and O–H groups in total. The molecule has 1 aliphatic heterocycles. The van der Waals surface area contributed by atoms with Crippen molar-refractivity contribution in [2.75, 3.05) is 6.54 Å². The van der Waals surface area contributed by atoms with Crippen molar-refractivity contribution in [3.8, 4) is 11.3 Å². The lowest BCUT2D eigenvalue weighted by atomic mass is 10.2. The smallest absolute Gasteiger partial charge is 0.149 e. The predicted octanol–water partition coefficient (Wildman–Crippen LogP) is 2.38. The second-order valence-electron chi connectivity index (χ2n) is 4.34. The molecule has 7 heteroatoms. The summed E-state index contributed by atoms with van der Waals surface area (Å²) in [6.07, 6.45) is 0. The van der Waals surface area contributed by atoms with Crippen LogP contribution in [0.15, 0.2) is 35.4 Å². The van der Waals surface area contributed by atoms with Gasteiger partial charge in [-0.25, -0.2) is 15.2 Å². The number of nitrogens with zero attached hydrogens (tertiary/aromatic N) is 2. The van der Waals surface area contributed by atoms with Crippen molar-refractivity contribution in [2.45, 2.75) is 0 Å². The molecule has 0 spiro atoms. The van der Waals surface area contributed by atoms with Gasteiger partial charge in [0.2, 0.25) is 0 Å². The second-order valence-corrected chi connectivity index (χ2v) is 5.20. The van der Waals surface area contributed by atoms with Gasteiger partial charge in [0.15, 0.2) is 0 Å². The van der Waals surface area contributed by atoms with Crippen molar-refractivity contribution in [3.63, 3.8) is 0 Å². The molecule has 0 radical (unpaired) electrons. The number of thiazole rings is 1. The van der Waals surface area contributed by atoms with Gasteiger partial charge in [0, 0.05) is 10.9 Å². The van der Waals surface area contributed by atoms with Crippen molar-refractivity contribution >= 4 is 22.7 Å². The van der Waals surface area contributed by atoms with Crippen LogP contribution in [0.5, 0.6) is 0 Å². The zero-order valence-electron chi connectivity index (χ0n) is 10.3. The van der Waals surface area contributed by atoms with Crippen molar-refractivity contribution < 1.29 is 9.50 Å². The average molecular weight is 290 g/mol. The quantitative estimate of drug-likeness (QED) is 0.741. The van der Waals surface area contributed by atoms with Gasteiger partial charge in [0.25, 0.3) is 0 Å². The standard InChI is InChI=1S/C13H11FN4OS/c14-8-3-1-7(2-4-8)9-6-20-13(17-9)11-10(19)5-18(16)12(11)15/h1-4,6,15,19H,5,16H2. The molecule has 5 nitrogen and oxygen atoms in total. The van der Waals surface area contributed by atoms with E-state index in [1.54, 1.807) is 17.5 Å². The predicted molar refractivity (Wildman–Crippen MR) is 75.7 cm³/mol. The summed E-state index contributed by atoms with van der Waals surface area (Å²) in [6.45, 7) is 0.111. The first kappa shape index (κ1) is 12.8. The SMILES string of the molecule is N=C1C(c2nc(-c3ccc(F)cc3)cs2)=C(O)CN1N. The van der Waals surface area contributed by atoms with E-state index in [1.807, 2.05) is 0 Å². The van der Waals surface area contributed by atoms with Gasteiger partial charge in [-0.2, -0.15) is 0 Å². The Morgan fingerprint density at radius 1 is 1.35 bits per heavy atom. The number of hydrogen-bond donors (Lipinski definition) is 3. The Morgan fingerprint density at radius 3 is 2.65 bits per heavy atom. The molecule has 0 amide bonds. The number of rotatable bonds is 2. The molecule has 102 valence electrons. The van der Waals surface area contributed by atoms with E-state index in [-0.39, 0.29) is 24.0 Å². The Labute approximate surface area is 118 Å². The van der Waals surface area contributed by atoms with Gasteiger partial charge in [0.1, 0.15) is 22.4 Å². The van der Waals surface area contributed by atoms with Gasteiger partial charge >= 0.3 is 0 Å². The molecule has 1 aromatic carbocycles. The molecule has 2 aromatic rings. The minimum absolute atomic E-state index is 0.0394. The molecule has 1 aromatic heterocycles. The maximum Gasteiger partial charge on any atom is 0.149 e. The van der Waals surface area contributed by atoms with E-state index in [1.165, 1.54) is 23.5 Å². The zero-order chi connectivity index (χ0) is 14.3. The van der Waals surface area contributed by atoms with Crippen LogP contribution in [0.4, 0.5) is 4.39 Å². The summed E-state index contributed by atoms with van der Waals surface area (Å²) >= 11 is 1.31. The minimum Gasteiger partial charge on any atom is -0.509 e. The summed E-state index contributed by atoms with van der Waals surface area (Å²) in [7, 11) is 0. The van der Waals surface area contributed by atoms with Crippen LogP contribution in [0.3, 0.4) is 0 Å². The third kappa shape index (κ3) is 2.06. The molecule has 0 fully saturated rings. The summed E-state index contributed by atoms with van der Waals surface area (Å²) in [5, 5.41) is 21.1. The van der Waals surface area contributed by atoms with Crippen LogP contribution in [0, 0.1) is 11.2 Å². The van der Waals surface area contributed by atoms with E-state index in [9.17, 15) is 9.50 Å². The van der Waals surface area contributed by atoms with Crippen molar-refractivity contribution in [3.05, 3.63) is 46.2 Å². The summed E-state index contributed by atoms with van der Waals surface area (Å²) in [6, 6.07) is 6.00. The third-order valence-corrected chi connectivity index (χ3v) is 3.85. The highest BCUT2D eigenvalue weighted by Gasteiger charge is 2.28. The van der Waals surface area contributed by atoms with Crippen LogP contribution in [0.25, 0.3) is 16.8 Å². The highest BCUT2D eigenvalue weighted by atomic mass is 32.1. The fraction of sp³-hybridized carbons (Fsp3) is 0.0769. The Hall–Kier alpha value is -2.25. The number of halogens is 1. The number of hydrogen-bond acceptors (Lipinski definition) is 5. The largest absolute Gasteiger partial charge is 0.509 e. The third-order valence-electron chi connectivity index (χ3n) is 2.99. The number of hydrazine groups is 1. The number of nitrogens with one attached hydrogen (secondary N) is 1. The molecule has 3 rings (SSSR count). The first-order valence-corrected chi connectivity index (χ1v) is 6.69. The van der Waals surface area contributed by atoms with Gasteiger partial charge in [-0.3, -0.25) is 10.4 Å². The fourth-order valence-electron chi connectivity index (χ4n) is 1.97. The lowest BCUT2D eigenvalue weighted by Crippen LogP contribution is -2.33. The molecule has 0 atom stereocenters. The lowest BCUT2D eigenvalue weighted by molar-refractivity contribution is 0.355. The number of nitrogens with two attached hydrogens (primary N) is 1. The molecular weight excluding hydrogens is 279 g/mol.